The van der Waals surface area contributed by atoms with Crippen molar-refractivity contribution in [3.05, 3.63) is 99.2 Å². The molecule has 0 aliphatic heterocycles. The molecule has 4 fully saturated rings. The Labute approximate surface area is 846 Å². The number of hydrogen-bond acceptors (Lipinski definition) is 20. The molecule has 4 aliphatic carbocycles. The van der Waals surface area contributed by atoms with Crippen LogP contribution in [0.2, 0.25) is 0 Å². The van der Waals surface area contributed by atoms with Crippen LogP contribution in [-0.4, -0.2) is 153 Å². The fourth-order valence-corrected chi connectivity index (χ4v) is 16.5. The quantitative estimate of drug-likeness (QED) is 0.0238. The second-order valence-corrected chi connectivity index (χ2v) is 41.2. The maximum Gasteiger partial charge on any atom is 0.333 e. The van der Waals surface area contributed by atoms with Gasteiger partial charge < -0.3 is 56.8 Å². The van der Waals surface area contributed by atoms with Gasteiger partial charge in [0.25, 0.3) is 0 Å². The number of rotatable bonds is 70. The zero-order valence-corrected chi connectivity index (χ0v) is 91.8. The van der Waals surface area contributed by atoms with E-state index in [9.17, 15) is 38.4 Å². The van der Waals surface area contributed by atoms with Crippen LogP contribution in [0.25, 0.3) is 0 Å². The third-order valence-electron chi connectivity index (χ3n) is 25.4. The molecule has 4 saturated carbocycles. The van der Waals surface area contributed by atoms with E-state index in [-0.39, 0.29) is 58.6 Å². The summed E-state index contributed by atoms with van der Waals surface area (Å²) < 4.78 is 61.2. The zero-order chi connectivity index (χ0) is 104. The van der Waals surface area contributed by atoms with E-state index in [1.165, 1.54) is 301 Å². The van der Waals surface area contributed by atoms with Gasteiger partial charge in [-0.25, -0.2) is 38.4 Å². The summed E-state index contributed by atoms with van der Waals surface area (Å²) in [4.78, 5) is 87.7. The zero-order valence-electron chi connectivity index (χ0n) is 91.8. The van der Waals surface area contributed by atoms with Crippen molar-refractivity contribution in [1.82, 2.24) is 0 Å². The van der Waals surface area contributed by atoms with E-state index in [0.717, 1.165) is 131 Å². The molecule has 0 unspecified atom stereocenters. The van der Waals surface area contributed by atoms with Gasteiger partial charge in [0.05, 0.1) is 52.9 Å². The van der Waals surface area contributed by atoms with Crippen LogP contribution in [0.1, 0.15) is 445 Å². The lowest BCUT2D eigenvalue weighted by Gasteiger charge is -2.33. The SMILES string of the molecule is C=C(C)C(=O)OCC(C)(C)CC1CCC(C)CC1.C=C(C)C(=O)OCCCCC1CCC(C)CC1.C=C(C)C(=O)OCCOCCCCCC.C=C(C)C(=O)OCCOCCCCCCCCCCCC.C=CC(=O)OCC(C)(C)CC1CCC(C)CC1.C=CC(=O)OCCCCC1CCC(C)CC1.C=CC(=O)OCCOCCCCCC.C=CC(=O)OCCOCCCCCCCCCCCC. The summed E-state index contributed by atoms with van der Waals surface area (Å²) in [6.07, 6.45) is 72.1. The standard InChI is InChI=1S/C18H34O3.C17H32O3.C16H28O2.2C15H26O2.C14H24O2.C12H22O3.C11H20O3/c1-4-5-6-7-8-9-10-11-12-13-14-20-15-16-21-18(19)17(2)3;1-3-5-6-7-8-9-10-11-12-13-14-19-15-16-20-17(18)4-2;1-12(2)15(17)18-11-16(4,5)10-14-8-6-13(3)7-9-14;1-12(2)15(16)17-11-5-4-6-14-9-7-13(3)8-10-14;1-5-14(16)17-11-15(3,4)10-13-8-6-12(2)7-9-13;1-3-14(15)16-11-5-4-6-13-9-7-12(2)8-10-13;1-4-5-6-7-8-14-9-10-15-12(13)11(2)3;1-3-5-6-7-8-13-9-10-14-11(12)4-2/h2,4-16H2,1,3H3;4H,2-3,5-16H2,1H3;13-14H,1,6-11H2,2-5H3;13-14H,1,4-11H2,2-3H3;5,12-13H,1,6-11H2,2-4H3;3,12-13H,1,4-11H2,2H3;2,4-10H2,1,3H3;4H,2-3,5-10H2,1H3. The first-order valence-electron chi connectivity index (χ1n) is 54.8. The molecule has 0 heterocycles. The second-order valence-electron chi connectivity index (χ2n) is 41.2. The first-order chi connectivity index (χ1) is 66.0. The molecule has 0 atom stereocenters. The normalized spacial score (nSPS) is 17.4. The Morgan fingerprint density at radius 3 is 0.696 bits per heavy atom. The van der Waals surface area contributed by atoms with Gasteiger partial charge in [-0.05, 0) is 150 Å². The van der Waals surface area contributed by atoms with Crippen molar-refractivity contribution in [1.29, 1.82) is 0 Å². The summed E-state index contributed by atoms with van der Waals surface area (Å²) in [5.41, 5.74) is 2.01. The van der Waals surface area contributed by atoms with E-state index < -0.39 is 0 Å². The Kier molecular flexibility index (Phi) is 97.8. The van der Waals surface area contributed by atoms with Gasteiger partial charge >= 0.3 is 47.8 Å². The van der Waals surface area contributed by atoms with Crippen LogP contribution < -0.4 is 0 Å². The van der Waals surface area contributed by atoms with E-state index in [1.807, 2.05) is 0 Å². The predicted octanol–water partition coefficient (Wildman–Crippen LogP) is 30.8. The summed E-state index contributed by atoms with van der Waals surface area (Å²) >= 11 is 0. The van der Waals surface area contributed by atoms with Gasteiger partial charge in [-0.15, -0.1) is 0 Å². The maximum absolute atomic E-state index is 11.4. The minimum absolute atomic E-state index is 0.0797. The van der Waals surface area contributed by atoms with Crippen molar-refractivity contribution in [3.63, 3.8) is 0 Å². The average molecular weight is 1950 g/mol. The van der Waals surface area contributed by atoms with Gasteiger partial charge in [0.15, 0.2) is 0 Å². The molecule has 20 nitrogen and oxygen atoms in total. The molecule has 0 spiro atoms. The monoisotopic (exact) mass is 1950 g/mol. The van der Waals surface area contributed by atoms with Crippen LogP contribution in [0.5, 0.6) is 0 Å². The van der Waals surface area contributed by atoms with E-state index in [4.69, 9.17) is 56.8 Å². The summed E-state index contributed by atoms with van der Waals surface area (Å²) in [5.74, 6) is 4.54. The molecule has 0 aromatic rings. The molecule has 0 radical (unpaired) electrons. The summed E-state index contributed by atoms with van der Waals surface area (Å²) in [6.45, 7) is 69.6. The van der Waals surface area contributed by atoms with Crippen molar-refractivity contribution in [3.8, 4) is 0 Å². The number of hydrogen-bond donors (Lipinski definition) is 0. The van der Waals surface area contributed by atoms with Crippen LogP contribution >= 0.6 is 0 Å². The predicted molar refractivity (Wildman–Crippen MR) is 572 cm³/mol. The molecule has 0 amide bonds. The van der Waals surface area contributed by atoms with Crippen LogP contribution in [0.15, 0.2) is 99.2 Å². The molecular weight excluding hydrogens is 1740 g/mol. The third-order valence-corrected chi connectivity index (χ3v) is 25.4. The summed E-state index contributed by atoms with van der Waals surface area (Å²) in [5, 5.41) is 0. The van der Waals surface area contributed by atoms with E-state index in [2.05, 4.69) is 136 Å². The van der Waals surface area contributed by atoms with Gasteiger partial charge in [0.2, 0.25) is 0 Å². The average Bonchev–Trinajstić information content (AvgIpc) is 0.723. The lowest BCUT2D eigenvalue weighted by Crippen LogP contribution is -2.26. The Morgan fingerprint density at radius 1 is 0.239 bits per heavy atom. The van der Waals surface area contributed by atoms with Crippen LogP contribution in [-0.2, 0) is 95.2 Å². The van der Waals surface area contributed by atoms with Crippen molar-refractivity contribution < 1.29 is 95.2 Å². The Bertz CT molecular complexity index is 3040. The molecule has 0 aromatic carbocycles. The Hall–Kier alpha value is -6.48. The minimum atomic E-state index is -0.389. The molecule has 0 saturated heterocycles. The number of carbonyl (C=O) groups is 8. The van der Waals surface area contributed by atoms with Crippen molar-refractivity contribution in [2.75, 3.05) is 106 Å². The molecule has 0 N–H and O–H groups in total. The smallest absolute Gasteiger partial charge is 0.333 e. The number of ether oxygens (including phenoxy) is 12. The number of carbonyl (C=O) groups excluding carboxylic acids is 8. The van der Waals surface area contributed by atoms with Crippen LogP contribution in [0.3, 0.4) is 0 Å². The maximum atomic E-state index is 11.4. The Morgan fingerprint density at radius 2 is 0.435 bits per heavy atom. The van der Waals surface area contributed by atoms with Gasteiger partial charge in [0, 0.05) is 73.0 Å². The van der Waals surface area contributed by atoms with Crippen molar-refractivity contribution >= 4 is 47.8 Å². The summed E-state index contributed by atoms with van der Waals surface area (Å²) in [7, 11) is 0. The molecule has 4 rings (SSSR count). The molecule has 804 valence electrons. The molecular formula is C118H212O20. The van der Waals surface area contributed by atoms with E-state index in [1.54, 1.807) is 27.7 Å². The largest absolute Gasteiger partial charge is 0.463 e. The number of esters is 8. The van der Waals surface area contributed by atoms with E-state index in [0.29, 0.717) is 102 Å². The van der Waals surface area contributed by atoms with Gasteiger partial charge in [-0.3, -0.25) is 0 Å². The topological polar surface area (TPSA) is 247 Å². The third kappa shape index (κ3) is 98.3. The lowest BCUT2D eigenvalue weighted by atomic mass is 9.74. The molecule has 0 aromatic heterocycles. The van der Waals surface area contributed by atoms with Crippen LogP contribution in [0, 0.1) is 58.2 Å². The fraction of sp³-hybridized carbons (Fsp3) is 0.797. The van der Waals surface area contributed by atoms with Gasteiger partial charge in [-0.1, -0.05) is 405 Å². The Balaban J connectivity index is -0.000000746. The van der Waals surface area contributed by atoms with Gasteiger partial charge in [-0.2, -0.15) is 0 Å². The molecule has 138 heavy (non-hydrogen) atoms. The molecule has 0 bridgehead atoms. The first kappa shape index (κ1) is 138. The highest BCUT2D eigenvalue weighted by Gasteiger charge is 2.30. The lowest BCUT2D eigenvalue weighted by molar-refractivity contribution is -0.142. The highest BCUT2D eigenvalue weighted by atomic mass is 16.6. The van der Waals surface area contributed by atoms with Crippen LogP contribution in [0.4, 0.5) is 0 Å². The first-order valence-corrected chi connectivity index (χ1v) is 54.8. The second kappa shape index (κ2) is 97.9. The fourth-order valence-electron chi connectivity index (χ4n) is 16.5. The number of unbranched alkanes of at least 4 members (excludes halogenated alkanes) is 26. The summed E-state index contributed by atoms with van der Waals surface area (Å²) in [6, 6.07) is 0. The minimum Gasteiger partial charge on any atom is -0.463 e. The highest BCUT2D eigenvalue weighted by Crippen LogP contribution is 2.39. The van der Waals surface area contributed by atoms with Crippen molar-refractivity contribution in [2.45, 2.75) is 445 Å². The van der Waals surface area contributed by atoms with Crippen molar-refractivity contribution in [2.24, 2.45) is 58.2 Å². The van der Waals surface area contributed by atoms with Gasteiger partial charge in [0.1, 0.15) is 26.4 Å². The molecule has 20 heteroatoms. The van der Waals surface area contributed by atoms with E-state index >= 15 is 0 Å². The molecule has 4 aliphatic rings. The highest BCUT2D eigenvalue weighted by molar-refractivity contribution is 5.88.